The first-order valence-electron chi connectivity index (χ1n) is 6.72. The molecule has 0 radical (unpaired) electrons. The number of rotatable bonds is 4. The minimum absolute atomic E-state index is 0.0807. The van der Waals surface area contributed by atoms with Crippen LogP contribution in [-0.4, -0.2) is 22.6 Å². The molecule has 0 unspecified atom stereocenters. The number of methoxy groups -OCH3 is 1. The number of aromatic nitrogens is 2. The lowest BCUT2D eigenvalue weighted by Gasteiger charge is -2.10. The van der Waals surface area contributed by atoms with Gasteiger partial charge in [0.15, 0.2) is 0 Å². The standard InChI is InChI=1S/C16H14ClN3O2/c1-22-14-9-5-3-7-12(14)18-15(21)10-20-13-8-4-2-6-11(13)19-16(20)17/h2-9H,10H2,1H3,(H,18,21). The van der Waals surface area contributed by atoms with Crippen LogP contribution in [0.3, 0.4) is 0 Å². The molecule has 0 bridgehead atoms. The van der Waals surface area contributed by atoms with E-state index in [4.69, 9.17) is 16.3 Å². The third-order valence-electron chi connectivity index (χ3n) is 3.29. The number of anilines is 1. The highest BCUT2D eigenvalue weighted by Crippen LogP contribution is 2.24. The van der Waals surface area contributed by atoms with Crippen LogP contribution < -0.4 is 10.1 Å². The van der Waals surface area contributed by atoms with E-state index >= 15 is 0 Å². The van der Waals surface area contributed by atoms with E-state index < -0.39 is 0 Å². The van der Waals surface area contributed by atoms with Crippen molar-refractivity contribution >= 4 is 34.2 Å². The van der Waals surface area contributed by atoms with Crippen molar-refractivity contribution in [3.63, 3.8) is 0 Å². The zero-order valence-corrected chi connectivity index (χ0v) is 12.7. The van der Waals surface area contributed by atoms with E-state index in [1.54, 1.807) is 23.8 Å². The smallest absolute Gasteiger partial charge is 0.244 e. The number of fused-ring (bicyclic) bond motifs is 1. The predicted octanol–water partition coefficient (Wildman–Crippen LogP) is 3.34. The summed E-state index contributed by atoms with van der Waals surface area (Å²) in [6.45, 7) is 0.0807. The largest absolute Gasteiger partial charge is 0.495 e. The van der Waals surface area contributed by atoms with Gasteiger partial charge >= 0.3 is 0 Å². The van der Waals surface area contributed by atoms with Crippen LogP contribution in [0, 0.1) is 0 Å². The average molecular weight is 316 g/mol. The fourth-order valence-corrected chi connectivity index (χ4v) is 2.52. The van der Waals surface area contributed by atoms with E-state index in [0.717, 1.165) is 11.0 Å². The summed E-state index contributed by atoms with van der Waals surface area (Å²) in [6.07, 6.45) is 0. The molecule has 3 aromatic rings. The van der Waals surface area contributed by atoms with E-state index in [9.17, 15) is 4.79 Å². The topological polar surface area (TPSA) is 56.1 Å². The third-order valence-corrected chi connectivity index (χ3v) is 3.58. The lowest BCUT2D eigenvalue weighted by Crippen LogP contribution is -2.19. The SMILES string of the molecule is COc1ccccc1NC(=O)Cn1c(Cl)nc2ccccc21. The van der Waals surface area contributed by atoms with Crippen molar-refractivity contribution in [2.75, 3.05) is 12.4 Å². The van der Waals surface area contributed by atoms with Crippen LogP contribution in [0.5, 0.6) is 5.75 Å². The maximum atomic E-state index is 12.3. The molecule has 0 aliphatic rings. The Kier molecular flexibility index (Phi) is 3.98. The van der Waals surface area contributed by atoms with Crippen LogP contribution in [0.1, 0.15) is 0 Å². The molecule has 2 aromatic carbocycles. The van der Waals surface area contributed by atoms with Gasteiger partial charge in [0.2, 0.25) is 11.2 Å². The Bertz CT molecular complexity index is 829. The Labute approximate surface area is 132 Å². The van der Waals surface area contributed by atoms with Gasteiger partial charge in [-0.05, 0) is 35.9 Å². The summed E-state index contributed by atoms with van der Waals surface area (Å²) in [4.78, 5) is 16.5. The summed E-state index contributed by atoms with van der Waals surface area (Å²) < 4.78 is 6.88. The molecule has 0 aliphatic carbocycles. The first-order valence-corrected chi connectivity index (χ1v) is 7.10. The minimum Gasteiger partial charge on any atom is -0.495 e. The number of imidazole rings is 1. The number of ether oxygens (including phenoxy) is 1. The van der Waals surface area contributed by atoms with Crippen molar-refractivity contribution in [3.05, 3.63) is 53.8 Å². The van der Waals surface area contributed by atoms with Crippen molar-refractivity contribution in [3.8, 4) is 5.75 Å². The average Bonchev–Trinajstić information content (AvgIpc) is 2.84. The minimum atomic E-state index is -0.199. The second-order valence-electron chi connectivity index (χ2n) is 4.70. The number of amides is 1. The van der Waals surface area contributed by atoms with Gasteiger partial charge in [0.05, 0.1) is 23.8 Å². The van der Waals surface area contributed by atoms with Crippen molar-refractivity contribution in [2.45, 2.75) is 6.54 Å². The lowest BCUT2D eigenvalue weighted by molar-refractivity contribution is -0.116. The van der Waals surface area contributed by atoms with E-state index in [2.05, 4.69) is 10.3 Å². The van der Waals surface area contributed by atoms with Crippen LogP contribution in [0.15, 0.2) is 48.5 Å². The number of hydrogen-bond acceptors (Lipinski definition) is 3. The van der Waals surface area contributed by atoms with Crippen LogP contribution in [0.4, 0.5) is 5.69 Å². The zero-order chi connectivity index (χ0) is 15.5. The van der Waals surface area contributed by atoms with Crippen LogP contribution >= 0.6 is 11.6 Å². The van der Waals surface area contributed by atoms with Crippen LogP contribution in [-0.2, 0) is 11.3 Å². The molecular formula is C16H14ClN3O2. The maximum Gasteiger partial charge on any atom is 0.244 e. The summed E-state index contributed by atoms with van der Waals surface area (Å²) in [7, 11) is 1.56. The van der Waals surface area contributed by atoms with Gasteiger partial charge in [-0.2, -0.15) is 0 Å². The molecule has 1 aromatic heterocycles. The van der Waals surface area contributed by atoms with Gasteiger partial charge in [0, 0.05) is 0 Å². The summed E-state index contributed by atoms with van der Waals surface area (Å²) in [5.41, 5.74) is 2.20. The highest BCUT2D eigenvalue weighted by Gasteiger charge is 2.13. The predicted molar refractivity (Wildman–Crippen MR) is 86.4 cm³/mol. The Morgan fingerprint density at radius 1 is 1.23 bits per heavy atom. The monoisotopic (exact) mass is 315 g/mol. The first-order chi connectivity index (χ1) is 10.7. The Balaban J connectivity index is 1.83. The molecule has 0 saturated heterocycles. The molecule has 22 heavy (non-hydrogen) atoms. The molecule has 6 heteroatoms. The van der Waals surface area contributed by atoms with Gasteiger partial charge in [-0.25, -0.2) is 4.98 Å². The molecule has 1 heterocycles. The van der Waals surface area contributed by atoms with E-state index in [0.29, 0.717) is 11.4 Å². The second kappa shape index (κ2) is 6.07. The number of benzene rings is 2. The molecule has 0 spiro atoms. The molecule has 3 rings (SSSR count). The highest BCUT2D eigenvalue weighted by atomic mass is 35.5. The Morgan fingerprint density at radius 3 is 2.77 bits per heavy atom. The summed E-state index contributed by atoms with van der Waals surface area (Å²) in [5.74, 6) is 0.409. The van der Waals surface area contributed by atoms with Crippen LogP contribution in [0.2, 0.25) is 5.28 Å². The molecule has 0 aliphatic heterocycles. The van der Waals surface area contributed by atoms with Gasteiger partial charge in [-0.15, -0.1) is 0 Å². The maximum absolute atomic E-state index is 12.3. The third kappa shape index (κ3) is 2.76. The molecule has 0 atom stereocenters. The number of nitrogens with one attached hydrogen (secondary N) is 1. The van der Waals surface area contributed by atoms with Gasteiger partial charge in [-0.1, -0.05) is 24.3 Å². The fourth-order valence-electron chi connectivity index (χ4n) is 2.28. The van der Waals surface area contributed by atoms with Gasteiger partial charge in [-0.3, -0.25) is 4.79 Å². The number of carbonyl (C=O) groups excluding carboxylic acids is 1. The Morgan fingerprint density at radius 2 is 1.95 bits per heavy atom. The number of para-hydroxylation sites is 4. The van der Waals surface area contributed by atoms with Gasteiger partial charge in [0.25, 0.3) is 0 Å². The number of hydrogen-bond donors (Lipinski definition) is 1. The van der Waals surface area contributed by atoms with Crippen molar-refractivity contribution < 1.29 is 9.53 Å². The summed E-state index contributed by atoms with van der Waals surface area (Å²) >= 11 is 6.12. The first kappa shape index (κ1) is 14.4. The summed E-state index contributed by atoms with van der Waals surface area (Å²) in [6, 6.07) is 14.7. The number of nitrogens with zero attached hydrogens (tertiary/aromatic N) is 2. The molecule has 0 saturated carbocycles. The van der Waals surface area contributed by atoms with E-state index in [1.165, 1.54) is 0 Å². The molecule has 1 amide bonds. The van der Waals surface area contributed by atoms with Crippen molar-refractivity contribution in [1.29, 1.82) is 0 Å². The fraction of sp³-hybridized carbons (Fsp3) is 0.125. The molecule has 112 valence electrons. The molecule has 5 nitrogen and oxygen atoms in total. The van der Waals surface area contributed by atoms with Crippen molar-refractivity contribution in [1.82, 2.24) is 9.55 Å². The number of halogens is 1. The summed E-state index contributed by atoms with van der Waals surface area (Å²) in [5, 5.41) is 3.11. The van der Waals surface area contributed by atoms with E-state index in [1.807, 2.05) is 36.4 Å². The molecule has 1 N–H and O–H groups in total. The zero-order valence-electron chi connectivity index (χ0n) is 11.9. The van der Waals surface area contributed by atoms with Gasteiger partial charge in [0.1, 0.15) is 12.3 Å². The Hall–Kier alpha value is -2.53. The van der Waals surface area contributed by atoms with E-state index in [-0.39, 0.29) is 17.7 Å². The molecule has 0 fully saturated rings. The lowest BCUT2D eigenvalue weighted by atomic mass is 10.3. The second-order valence-corrected chi connectivity index (χ2v) is 5.04. The van der Waals surface area contributed by atoms with Gasteiger partial charge < -0.3 is 14.6 Å². The highest BCUT2D eigenvalue weighted by molar-refractivity contribution is 6.29. The molecular weight excluding hydrogens is 302 g/mol. The normalized spacial score (nSPS) is 10.6. The van der Waals surface area contributed by atoms with Crippen molar-refractivity contribution in [2.24, 2.45) is 0 Å². The van der Waals surface area contributed by atoms with Crippen LogP contribution in [0.25, 0.3) is 11.0 Å². The quantitative estimate of drug-likeness (QED) is 0.803. The number of carbonyl (C=O) groups is 1.